The lowest BCUT2D eigenvalue weighted by Crippen LogP contribution is -2.33. The van der Waals surface area contributed by atoms with Crippen molar-refractivity contribution in [3.63, 3.8) is 0 Å². The third kappa shape index (κ3) is 4.32. The number of unbranched alkanes of at least 4 members (excludes halogenated alkanes) is 1. The summed E-state index contributed by atoms with van der Waals surface area (Å²) < 4.78 is 4.77. The zero-order chi connectivity index (χ0) is 15.1. The Labute approximate surface area is 123 Å². The van der Waals surface area contributed by atoms with E-state index in [4.69, 9.17) is 10.00 Å². The van der Waals surface area contributed by atoms with E-state index in [1.54, 1.807) is 0 Å². The van der Waals surface area contributed by atoms with Crippen LogP contribution in [0.3, 0.4) is 0 Å². The summed E-state index contributed by atoms with van der Waals surface area (Å²) in [5, 5.41) is 11.5. The molecule has 1 atom stereocenters. The number of hydrogen-bond acceptors (Lipinski definition) is 4. The largest absolute Gasteiger partial charge is 0.465 e. The molecule has 1 aromatic carbocycles. The second kappa shape index (κ2) is 7.44. The number of nitriles is 1. The highest BCUT2D eigenvalue weighted by Gasteiger charge is 2.32. The van der Waals surface area contributed by atoms with E-state index < -0.39 is 11.9 Å². The molecule has 1 heterocycles. The number of nitrogens with zero attached hydrogens (tertiary/aromatic N) is 1. The van der Waals surface area contributed by atoms with Gasteiger partial charge in [-0.25, -0.2) is 0 Å². The van der Waals surface area contributed by atoms with Gasteiger partial charge in [0.2, 0.25) is 5.91 Å². The summed E-state index contributed by atoms with van der Waals surface area (Å²) in [5.74, 6) is -1.26. The first-order valence-electron chi connectivity index (χ1n) is 7.14. The maximum Gasteiger partial charge on any atom is 0.318 e. The first kappa shape index (κ1) is 15.0. The van der Waals surface area contributed by atoms with Gasteiger partial charge in [0.25, 0.3) is 0 Å². The Kier molecular flexibility index (Phi) is 5.33. The summed E-state index contributed by atoms with van der Waals surface area (Å²) >= 11 is 0. The third-order valence-electron chi connectivity index (χ3n) is 3.53. The molecule has 1 amide bonds. The molecule has 1 aliphatic heterocycles. The quantitative estimate of drug-likeness (QED) is 0.489. The van der Waals surface area contributed by atoms with Crippen molar-refractivity contribution < 1.29 is 14.3 Å². The van der Waals surface area contributed by atoms with E-state index in [2.05, 4.69) is 11.4 Å². The minimum absolute atomic E-state index is 0.226. The molecule has 110 valence electrons. The molecular formula is C16H18N2O3. The summed E-state index contributed by atoms with van der Waals surface area (Å²) in [6, 6.07) is 9.60. The maximum absolute atomic E-state index is 11.7. The van der Waals surface area contributed by atoms with E-state index in [-0.39, 0.29) is 5.91 Å². The van der Waals surface area contributed by atoms with Crippen molar-refractivity contribution in [1.82, 2.24) is 5.32 Å². The summed E-state index contributed by atoms with van der Waals surface area (Å²) in [6.07, 6.45) is 3.19. The van der Waals surface area contributed by atoms with Crippen molar-refractivity contribution in [2.75, 3.05) is 13.2 Å². The average molecular weight is 286 g/mol. The number of amides is 1. The molecule has 1 aliphatic rings. The molecule has 1 fully saturated rings. The number of benzene rings is 1. The van der Waals surface area contributed by atoms with Gasteiger partial charge >= 0.3 is 5.97 Å². The summed E-state index contributed by atoms with van der Waals surface area (Å²) in [7, 11) is 0. The van der Waals surface area contributed by atoms with Crippen LogP contribution in [-0.2, 0) is 20.7 Å². The highest BCUT2D eigenvalue weighted by molar-refractivity contribution is 5.98. The van der Waals surface area contributed by atoms with Crippen LogP contribution >= 0.6 is 0 Å². The molecule has 0 spiro atoms. The van der Waals surface area contributed by atoms with Crippen LogP contribution in [0.15, 0.2) is 24.3 Å². The number of ether oxygens (including phenoxy) is 1. The van der Waals surface area contributed by atoms with Gasteiger partial charge in [0, 0.05) is 13.0 Å². The van der Waals surface area contributed by atoms with Crippen molar-refractivity contribution in [2.24, 2.45) is 5.92 Å². The van der Waals surface area contributed by atoms with Gasteiger partial charge in [-0.05, 0) is 37.0 Å². The Morgan fingerprint density at radius 1 is 1.33 bits per heavy atom. The normalized spacial score (nSPS) is 17.1. The number of rotatable bonds is 6. The second-order valence-corrected chi connectivity index (χ2v) is 5.07. The van der Waals surface area contributed by atoms with Gasteiger partial charge < -0.3 is 10.1 Å². The molecule has 5 heteroatoms. The van der Waals surface area contributed by atoms with Crippen molar-refractivity contribution in [3.05, 3.63) is 35.4 Å². The lowest BCUT2D eigenvalue weighted by molar-refractivity contribution is -0.145. The predicted molar refractivity (Wildman–Crippen MR) is 76.2 cm³/mol. The SMILES string of the molecule is N#Cc1ccc(CCCCNC(=O)[C@H]2CCOC2=O)cc1. The predicted octanol–water partition coefficient (Wildman–Crippen LogP) is 1.56. The number of hydrogen-bond donors (Lipinski definition) is 1. The van der Waals surface area contributed by atoms with E-state index in [1.807, 2.05) is 24.3 Å². The molecule has 0 bridgehead atoms. The molecule has 0 unspecified atom stereocenters. The van der Waals surface area contributed by atoms with Crippen molar-refractivity contribution in [1.29, 1.82) is 5.26 Å². The summed E-state index contributed by atoms with van der Waals surface area (Å²) in [5.41, 5.74) is 1.84. The highest BCUT2D eigenvalue weighted by Crippen LogP contribution is 2.14. The lowest BCUT2D eigenvalue weighted by atomic mass is 10.1. The van der Waals surface area contributed by atoms with Gasteiger partial charge in [-0.15, -0.1) is 0 Å². The molecule has 2 rings (SSSR count). The van der Waals surface area contributed by atoms with Crippen LogP contribution in [0, 0.1) is 17.2 Å². The van der Waals surface area contributed by atoms with Gasteiger partial charge in [0.05, 0.1) is 18.2 Å². The number of nitrogens with one attached hydrogen (secondary N) is 1. The topological polar surface area (TPSA) is 79.2 Å². The number of aryl methyl sites for hydroxylation is 1. The van der Waals surface area contributed by atoms with Gasteiger partial charge in [0.15, 0.2) is 0 Å². The van der Waals surface area contributed by atoms with Crippen LogP contribution in [0.1, 0.15) is 30.4 Å². The first-order valence-corrected chi connectivity index (χ1v) is 7.14. The Morgan fingerprint density at radius 2 is 2.10 bits per heavy atom. The molecule has 0 aliphatic carbocycles. The minimum atomic E-state index is -0.622. The Hall–Kier alpha value is -2.35. The number of cyclic esters (lactones) is 1. The van der Waals surface area contributed by atoms with E-state index in [9.17, 15) is 9.59 Å². The standard InChI is InChI=1S/C16H18N2O3/c17-11-13-6-4-12(5-7-13)3-1-2-9-18-15(19)14-8-10-21-16(14)20/h4-7,14H,1-3,8-10H2,(H,18,19)/t14-/m1/s1. The Bertz CT molecular complexity index is 546. The zero-order valence-corrected chi connectivity index (χ0v) is 11.8. The van der Waals surface area contributed by atoms with E-state index in [1.165, 1.54) is 5.56 Å². The Balaban J connectivity index is 1.62. The lowest BCUT2D eigenvalue weighted by Gasteiger charge is -2.07. The summed E-state index contributed by atoms with van der Waals surface area (Å²) in [4.78, 5) is 23.0. The van der Waals surface area contributed by atoms with Gasteiger partial charge in [-0.1, -0.05) is 12.1 Å². The fourth-order valence-corrected chi connectivity index (χ4v) is 2.27. The highest BCUT2D eigenvalue weighted by atomic mass is 16.5. The van der Waals surface area contributed by atoms with Crippen molar-refractivity contribution >= 4 is 11.9 Å². The number of esters is 1. The third-order valence-corrected chi connectivity index (χ3v) is 3.53. The number of carbonyl (C=O) groups is 2. The van der Waals surface area contributed by atoms with Crippen molar-refractivity contribution in [3.8, 4) is 6.07 Å². The molecule has 1 aromatic rings. The average Bonchev–Trinajstić information content (AvgIpc) is 2.93. The molecule has 0 radical (unpaired) electrons. The van der Waals surface area contributed by atoms with E-state index in [0.29, 0.717) is 25.1 Å². The minimum Gasteiger partial charge on any atom is -0.465 e. The molecule has 0 saturated carbocycles. The Morgan fingerprint density at radius 3 is 2.71 bits per heavy atom. The first-order chi connectivity index (χ1) is 10.2. The van der Waals surface area contributed by atoms with Gasteiger partial charge in [-0.2, -0.15) is 5.26 Å². The summed E-state index contributed by atoms with van der Waals surface area (Å²) in [6.45, 7) is 0.911. The fraction of sp³-hybridized carbons (Fsp3) is 0.438. The molecule has 1 N–H and O–H groups in total. The zero-order valence-electron chi connectivity index (χ0n) is 11.8. The smallest absolute Gasteiger partial charge is 0.318 e. The maximum atomic E-state index is 11.7. The van der Waals surface area contributed by atoms with Gasteiger partial charge in [-0.3, -0.25) is 9.59 Å². The van der Waals surface area contributed by atoms with Crippen LogP contribution in [-0.4, -0.2) is 25.0 Å². The molecular weight excluding hydrogens is 268 g/mol. The number of carbonyl (C=O) groups excluding carboxylic acids is 2. The van der Waals surface area contributed by atoms with E-state index >= 15 is 0 Å². The monoisotopic (exact) mass is 286 g/mol. The fourth-order valence-electron chi connectivity index (χ4n) is 2.27. The molecule has 1 saturated heterocycles. The molecule has 0 aromatic heterocycles. The molecule has 21 heavy (non-hydrogen) atoms. The van der Waals surface area contributed by atoms with Gasteiger partial charge in [0.1, 0.15) is 5.92 Å². The van der Waals surface area contributed by atoms with Crippen LogP contribution in [0.2, 0.25) is 0 Å². The van der Waals surface area contributed by atoms with E-state index in [0.717, 1.165) is 19.3 Å². The van der Waals surface area contributed by atoms with Crippen LogP contribution in [0.25, 0.3) is 0 Å². The van der Waals surface area contributed by atoms with Crippen molar-refractivity contribution in [2.45, 2.75) is 25.7 Å². The van der Waals surface area contributed by atoms with Crippen LogP contribution in [0.5, 0.6) is 0 Å². The second-order valence-electron chi connectivity index (χ2n) is 5.07. The van der Waals surface area contributed by atoms with Crippen LogP contribution in [0.4, 0.5) is 0 Å². The molecule has 5 nitrogen and oxygen atoms in total. The van der Waals surface area contributed by atoms with Crippen LogP contribution < -0.4 is 5.32 Å².